The van der Waals surface area contributed by atoms with Gasteiger partial charge in [0.2, 0.25) is 0 Å². The van der Waals surface area contributed by atoms with E-state index in [1.54, 1.807) is 0 Å². The monoisotopic (exact) mass is 143 g/mol. The summed E-state index contributed by atoms with van der Waals surface area (Å²) in [6, 6.07) is 0. The van der Waals surface area contributed by atoms with Crippen LogP contribution in [0.25, 0.3) is 0 Å². The summed E-state index contributed by atoms with van der Waals surface area (Å²) >= 11 is 0. The number of nitrogens with one attached hydrogen (secondary N) is 1. The Hall–Kier alpha value is -0.410. The lowest BCUT2D eigenvalue weighted by molar-refractivity contribution is 0.274. The van der Waals surface area contributed by atoms with E-state index in [1.165, 1.54) is 0 Å². The fourth-order valence-corrected chi connectivity index (χ4v) is 0.627. The predicted octanol–water partition coefficient (Wildman–Crippen LogP) is 0.565. The van der Waals surface area contributed by atoms with Gasteiger partial charge in [-0.3, -0.25) is 16.3 Å². The van der Waals surface area contributed by atoms with Crippen LogP contribution in [0.1, 0.15) is 20.8 Å². The Morgan fingerprint density at radius 2 is 2.20 bits per heavy atom. The van der Waals surface area contributed by atoms with Gasteiger partial charge in [-0.25, -0.2) is 0 Å². The molecule has 0 aromatic rings. The van der Waals surface area contributed by atoms with Crippen molar-refractivity contribution in [3.63, 3.8) is 0 Å². The van der Waals surface area contributed by atoms with E-state index >= 15 is 0 Å². The normalized spacial score (nSPS) is 16.9. The highest BCUT2D eigenvalue weighted by molar-refractivity contribution is 5.23. The van der Waals surface area contributed by atoms with Gasteiger partial charge in [-0.15, -0.1) is 0 Å². The van der Waals surface area contributed by atoms with Crippen molar-refractivity contribution in [2.24, 2.45) is 16.8 Å². The number of hydrogen-bond acceptors (Lipinski definition) is 3. The SMILES string of the molecule is C=NCC(C)(NN)C(C)C. The average molecular weight is 143 g/mol. The van der Waals surface area contributed by atoms with E-state index in [4.69, 9.17) is 5.84 Å². The second-order valence-corrected chi connectivity index (χ2v) is 3.10. The van der Waals surface area contributed by atoms with E-state index in [1.807, 2.05) is 6.92 Å². The molecular formula is C7H17N3. The van der Waals surface area contributed by atoms with E-state index in [2.05, 4.69) is 31.0 Å². The van der Waals surface area contributed by atoms with Gasteiger partial charge in [0.15, 0.2) is 0 Å². The first-order valence-corrected chi connectivity index (χ1v) is 3.47. The van der Waals surface area contributed by atoms with Crippen LogP contribution >= 0.6 is 0 Å². The summed E-state index contributed by atoms with van der Waals surface area (Å²) in [4.78, 5) is 3.81. The zero-order valence-corrected chi connectivity index (χ0v) is 7.02. The van der Waals surface area contributed by atoms with Crippen molar-refractivity contribution < 1.29 is 0 Å². The summed E-state index contributed by atoms with van der Waals surface area (Å²) in [7, 11) is 0. The maximum atomic E-state index is 5.36. The van der Waals surface area contributed by atoms with Gasteiger partial charge in [0.1, 0.15) is 0 Å². The number of nitrogens with zero attached hydrogens (tertiary/aromatic N) is 1. The summed E-state index contributed by atoms with van der Waals surface area (Å²) in [5, 5.41) is 0. The molecule has 0 amide bonds. The number of nitrogens with two attached hydrogens (primary N) is 1. The third-order valence-corrected chi connectivity index (χ3v) is 2.04. The van der Waals surface area contributed by atoms with Crippen LogP contribution < -0.4 is 11.3 Å². The van der Waals surface area contributed by atoms with Gasteiger partial charge in [0, 0.05) is 0 Å². The topological polar surface area (TPSA) is 50.4 Å². The second kappa shape index (κ2) is 3.68. The van der Waals surface area contributed by atoms with Gasteiger partial charge in [0.05, 0.1) is 12.1 Å². The maximum Gasteiger partial charge on any atom is 0.0577 e. The maximum absolute atomic E-state index is 5.36. The van der Waals surface area contributed by atoms with Crippen LogP contribution in [-0.2, 0) is 0 Å². The molecule has 0 aliphatic heterocycles. The minimum atomic E-state index is -0.109. The van der Waals surface area contributed by atoms with Crippen molar-refractivity contribution in [3.05, 3.63) is 0 Å². The summed E-state index contributed by atoms with van der Waals surface area (Å²) in [6.07, 6.45) is 0. The molecule has 0 heterocycles. The third-order valence-electron chi connectivity index (χ3n) is 2.04. The van der Waals surface area contributed by atoms with E-state index in [0.29, 0.717) is 12.5 Å². The lowest BCUT2D eigenvalue weighted by Crippen LogP contribution is -2.53. The first-order valence-electron chi connectivity index (χ1n) is 3.47. The Kier molecular flexibility index (Phi) is 3.53. The molecular weight excluding hydrogens is 126 g/mol. The summed E-state index contributed by atoms with van der Waals surface area (Å²) in [5.41, 5.74) is 2.64. The van der Waals surface area contributed by atoms with Gasteiger partial charge in [-0.05, 0) is 19.6 Å². The lowest BCUT2D eigenvalue weighted by Gasteiger charge is -2.30. The molecule has 3 heteroatoms. The Morgan fingerprint density at radius 1 is 1.70 bits per heavy atom. The van der Waals surface area contributed by atoms with E-state index in [9.17, 15) is 0 Å². The molecule has 10 heavy (non-hydrogen) atoms. The largest absolute Gasteiger partial charge is 0.299 e. The van der Waals surface area contributed by atoms with E-state index in [-0.39, 0.29) is 5.54 Å². The van der Waals surface area contributed by atoms with Crippen molar-refractivity contribution >= 4 is 6.72 Å². The van der Waals surface area contributed by atoms with Crippen molar-refractivity contribution in [2.75, 3.05) is 6.54 Å². The summed E-state index contributed by atoms with van der Waals surface area (Å²) in [6.45, 7) is 10.3. The summed E-state index contributed by atoms with van der Waals surface area (Å²) < 4.78 is 0. The first kappa shape index (κ1) is 9.59. The quantitative estimate of drug-likeness (QED) is 0.343. The molecule has 0 aromatic heterocycles. The van der Waals surface area contributed by atoms with Crippen LogP contribution in [0.2, 0.25) is 0 Å². The molecule has 60 valence electrons. The van der Waals surface area contributed by atoms with E-state index in [0.717, 1.165) is 0 Å². The van der Waals surface area contributed by atoms with Crippen molar-refractivity contribution in [2.45, 2.75) is 26.3 Å². The second-order valence-electron chi connectivity index (χ2n) is 3.10. The highest BCUT2D eigenvalue weighted by Crippen LogP contribution is 2.14. The molecule has 3 nitrogen and oxygen atoms in total. The molecule has 0 saturated carbocycles. The Bertz CT molecular complexity index is 111. The van der Waals surface area contributed by atoms with Gasteiger partial charge in [-0.1, -0.05) is 13.8 Å². The van der Waals surface area contributed by atoms with Crippen molar-refractivity contribution in [1.82, 2.24) is 5.43 Å². The number of hydrogen-bond donors (Lipinski definition) is 2. The Labute approximate surface area is 62.7 Å². The van der Waals surface area contributed by atoms with Crippen LogP contribution in [0.3, 0.4) is 0 Å². The van der Waals surface area contributed by atoms with Gasteiger partial charge < -0.3 is 0 Å². The molecule has 0 aliphatic rings. The molecule has 0 bridgehead atoms. The lowest BCUT2D eigenvalue weighted by atomic mass is 9.89. The van der Waals surface area contributed by atoms with Crippen LogP contribution in [-0.4, -0.2) is 18.8 Å². The number of aliphatic imine (C=N–C) groups is 1. The van der Waals surface area contributed by atoms with Crippen molar-refractivity contribution in [1.29, 1.82) is 0 Å². The van der Waals surface area contributed by atoms with Crippen LogP contribution in [0.4, 0.5) is 0 Å². The minimum absolute atomic E-state index is 0.109. The zero-order valence-electron chi connectivity index (χ0n) is 7.02. The summed E-state index contributed by atoms with van der Waals surface area (Å²) in [5.74, 6) is 5.82. The predicted molar refractivity (Wildman–Crippen MR) is 45.0 cm³/mol. The van der Waals surface area contributed by atoms with Crippen LogP contribution in [0, 0.1) is 5.92 Å². The van der Waals surface area contributed by atoms with Gasteiger partial charge in [-0.2, -0.15) is 0 Å². The number of hydrazine groups is 1. The molecule has 0 spiro atoms. The average Bonchev–Trinajstić information content (AvgIpc) is 1.88. The fraction of sp³-hybridized carbons (Fsp3) is 0.857. The molecule has 0 rings (SSSR count). The van der Waals surface area contributed by atoms with E-state index < -0.39 is 0 Å². The minimum Gasteiger partial charge on any atom is -0.299 e. The fourth-order valence-electron chi connectivity index (χ4n) is 0.627. The molecule has 3 N–H and O–H groups in total. The standard InChI is InChI=1S/C7H17N3/c1-6(2)7(3,10-8)5-9-4/h6,10H,4-5,8H2,1-3H3. The first-order chi connectivity index (χ1) is 4.56. The molecule has 1 atom stereocenters. The van der Waals surface area contributed by atoms with Gasteiger partial charge in [0.25, 0.3) is 0 Å². The van der Waals surface area contributed by atoms with Gasteiger partial charge >= 0.3 is 0 Å². The zero-order chi connectivity index (χ0) is 8.20. The third kappa shape index (κ3) is 2.08. The molecule has 0 radical (unpaired) electrons. The number of rotatable bonds is 4. The van der Waals surface area contributed by atoms with Crippen molar-refractivity contribution in [3.8, 4) is 0 Å². The Balaban J connectivity index is 4.07. The molecule has 0 aliphatic carbocycles. The smallest absolute Gasteiger partial charge is 0.0577 e. The Morgan fingerprint density at radius 3 is 2.30 bits per heavy atom. The molecule has 0 saturated heterocycles. The molecule has 1 unspecified atom stereocenters. The molecule has 0 aromatic carbocycles. The van der Waals surface area contributed by atoms with Crippen LogP contribution in [0.5, 0.6) is 0 Å². The highest BCUT2D eigenvalue weighted by atomic mass is 15.3. The highest BCUT2D eigenvalue weighted by Gasteiger charge is 2.25. The molecule has 0 fully saturated rings. The van der Waals surface area contributed by atoms with Crippen LogP contribution in [0.15, 0.2) is 4.99 Å².